The summed E-state index contributed by atoms with van der Waals surface area (Å²) in [7, 11) is -1.18. The van der Waals surface area contributed by atoms with Gasteiger partial charge in [0.05, 0.1) is 32.0 Å². The maximum atomic E-state index is 13.1. The smallest absolute Gasteiger partial charge is 0.0893 e. The molecular weight excluding hydrogens is 342 g/mol. The molecule has 6 heteroatoms. The molecule has 3 rings (SSSR count). The standard InChI is InChI=1S/C18H23N3OS.ClH/c1-5-19-13-9-17-15(7-11(13)3)21-16-8-12(4)14(20-6-2)10-18(16)23(17)22;/h7-10,19-21H,5-6H2,1-4H3;1H. The number of aryl methyl sites for hydroxylation is 2. The fourth-order valence-corrected chi connectivity index (χ4v) is 4.21. The minimum absolute atomic E-state index is 0. The third-order valence-electron chi connectivity index (χ3n) is 4.06. The predicted octanol–water partition coefficient (Wildman–Crippen LogP) is 4.81. The van der Waals surface area contributed by atoms with Crippen LogP contribution < -0.4 is 16.0 Å². The minimum Gasteiger partial charge on any atom is -0.385 e. The van der Waals surface area contributed by atoms with E-state index in [4.69, 9.17) is 0 Å². The van der Waals surface area contributed by atoms with E-state index in [1.165, 1.54) is 0 Å². The van der Waals surface area contributed by atoms with Crippen molar-refractivity contribution in [3.05, 3.63) is 35.4 Å². The quantitative estimate of drug-likeness (QED) is 0.620. The zero-order valence-corrected chi connectivity index (χ0v) is 16.1. The fraction of sp³-hybridized carbons (Fsp3) is 0.333. The van der Waals surface area contributed by atoms with Crippen molar-refractivity contribution >= 4 is 46.0 Å². The number of hydrogen-bond donors (Lipinski definition) is 3. The third kappa shape index (κ3) is 3.23. The zero-order chi connectivity index (χ0) is 16.6. The molecule has 4 nitrogen and oxygen atoms in total. The molecule has 0 saturated heterocycles. The molecule has 2 aromatic carbocycles. The second kappa shape index (κ2) is 7.45. The number of rotatable bonds is 4. The molecule has 0 saturated carbocycles. The van der Waals surface area contributed by atoms with Crippen LogP contribution in [0, 0.1) is 13.8 Å². The number of fused-ring (bicyclic) bond motifs is 2. The van der Waals surface area contributed by atoms with Crippen molar-refractivity contribution in [2.75, 3.05) is 29.0 Å². The number of halogens is 1. The van der Waals surface area contributed by atoms with Gasteiger partial charge >= 0.3 is 0 Å². The molecule has 3 N–H and O–H groups in total. The maximum Gasteiger partial charge on any atom is 0.0893 e. The van der Waals surface area contributed by atoms with Gasteiger partial charge in [-0.2, -0.15) is 0 Å². The van der Waals surface area contributed by atoms with Crippen LogP contribution in [0.1, 0.15) is 25.0 Å². The molecular formula is C18H24ClN3OS. The second-order valence-electron chi connectivity index (χ2n) is 5.78. The Morgan fingerprint density at radius 3 is 1.67 bits per heavy atom. The van der Waals surface area contributed by atoms with Crippen molar-refractivity contribution < 1.29 is 4.21 Å². The summed E-state index contributed by atoms with van der Waals surface area (Å²) in [6.07, 6.45) is 0. The van der Waals surface area contributed by atoms with Gasteiger partial charge in [-0.3, -0.25) is 0 Å². The molecule has 130 valence electrons. The molecule has 0 fully saturated rings. The molecule has 0 unspecified atom stereocenters. The first-order valence-corrected chi connectivity index (χ1v) is 9.16. The van der Waals surface area contributed by atoms with Crippen LogP contribution >= 0.6 is 12.4 Å². The summed E-state index contributed by atoms with van der Waals surface area (Å²) in [5, 5.41) is 10.1. The highest BCUT2D eigenvalue weighted by Gasteiger charge is 2.24. The van der Waals surface area contributed by atoms with Crippen LogP contribution in [-0.2, 0) is 10.8 Å². The first-order valence-electron chi connectivity index (χ1n) is 8.01. The van der Waals surface area contributed by atoms with E-state index in [0.717, 1.165) is 56.8 Å². The summed E-state index contributed by atoms with van der Waals surface area (Å²) in [6.45, 7) is 9.96. The van der Waals surface area contributed by atoms with Crippen molar-refractivity contribution in [2.45, 2.75) is 37.5 Å². The lowest BCUT2D eigenvalue weighted by atomic mass is 10.1. The number of benzene rings is 2. The lowest BCUT2D eigenvalue weighted by Gasteiger charge is -2.24. The van der Waals surface area contributed by atoms with Gasteiger partial charge in [-0.15, -0.1) is 12.4 Å². The van der Waals surface area contributed by atoms with Crippen LogP contribution in [0.4, 0.5) is 22.7 Å². The summed E-state index contributed by atoms with van der Waals surface area (Å²) in [5.41, 5.74) is 6.27. The van der Waals surface area contributed by atoms with Gasteiger partial charge in [-0.25, -0.2) is 4.21 Å². The van der Waals surface area contributed by atoms with E-state index in [0.29, 0.717) is 0 Å². The topological polar surface area (TPSA) is 53.2 Å². The van der Waals surface area contributed by atoms with Crippen molar-refractivity contribution in [3.8, 4) is 0 Å². The van der Waals surface area contributed by atoms with Gasteiger partial charge in [0, 0.05) is 24.5 Å². The largest absolute Gasteiger partial charge is 0.385 e. The number of nitrogens with one attached hydrogen (secondary N) is 3. The van der Waals surface area contributed by atoms with E-state index in [2.05, 4.69) is 55.8 Å². The first-order chi connectivity index (χ1) is 11.0. The molecule has 1 aliphatic rings. The normalized spacial score (nSPS) is 12.5. The molecule has 0 amide bonds. The second-order valence-corrected chi connectivity index (χ2v) is 7.20. The van der Waals surface area contributed by atoms with Crippen LogP contribution in [0.5, 0.6) is 0 Å². The van der Waals surface area contributed by atoms with Crippen LogP contribution in [0.15, 0.2) is 34.1 Å². The van der Waals surface area contributed by atoms with Gasteiger partial charge in [-0.05, 0) is 63.1 Å². The van der Waals surface area contributed by atoms with Gasteiger partial charge in [0.1, 0.15) is 0 Å². The lowest BCUT2D eigenvalue weighted by molar-refractivity contribution is 0.683. The van der Waals surface area contributed by atoms with Gasteiger partial charge in [-0.1, -0.05) is 0 Å². The van der Waals surface area contributed by atoms with Gasteiger partial charge in [0.15, 0.2) is 0 Å². The van der Waals surface area contributed by atoms with Gasteiger partial charge in [0.25, 0.3) is 0 Å². The summed E-state index contributed by atoms with van der Waals surface area (Å²) in [6, 6.07) is 8.16. The van der Waals surface area contributed by atoms with Crippen molar-refractivity contribution in [1.29, 1.82) is 0 Å². The maximum absolute atomic E-state index is 13.1. The van der Waals surface area contributed by atoms with Gasteiger partial charge < -0.3 is 16.0 Å². The van der Waals surface area contributed by atoms with E-state index in [-0.39, 0.29) is 12.4 Å². The van der Waals surface area contributed by atoms with E-state index in [1.807, 2.05) is 12.1 Å². The molecule has 2 aromatic rings. The molecule has 0 aliphatic carbocycles. The van der Waals surface area contributed by atoms with Crippen LogP contribution in [0.2, 0.25) is 0 Å². The first kappa shape index (κ1) is 18.6. The average Bonchev–Trinajstić information content (AvgIpc) is 2.51. The van der Waals surface area contributed by atoms with E-state index in [1.54, 1.807) is 0 Å². The highest BCUT2D eigenvalue weighted by molar-refractivity contribution is 7.85. The Morgan fingerprint density at radius 2 is 1.29 bits per heavy atom. The van der Waals surface area contributed by atoms with E-state index < -0.39 is 10.8 Å². The molecule has 0 bridgehead atoms. The SMILES string of the molecule is CCNc1cc2c(cc1C)Nc1cc(C)c(NCC)cc1S2=O.Cl. The Balaban J connectivity index is 0.00000208. The highest BCUT2D eigenvalue weighted by atomic mass is 35.5. The van der Waals surface area contributed by atoms with Crippen molar-refractivity contribution in [2.24, 2.45) is 0 Å². The predicted molar refractivity (Wildman–Crippen MR) is 106 cm³/mol. The molecule has 0 spiro atoms. The minimum atomic E-state index is -1.18. The average molecular weight is 366 g/mol. The third-order valence-corrected chi connectivity index (χ3v) is 5.53. The molecule has 0 aromatic heterocycles. The zero-order valence-electron chi connectivity index (χ0n) is 14.4. The summed E-state index contributed by atoms with van der Waals surface area (Å²) in [5.74, 6) is 0. The summed E-state index contributed by atoms with van der Waals surface area (Å²) < 4.78 is 13.1. The Bertz CT molecular complexity index is 729. The Morgan fingerprint density at radius 1 is 0.875 bits per heavy atom. The van der Waals surface area contributed by atoms with Crippen molar-refractivity contribution in [3.63, 3.8) is 0 Å². The van der Waals surface area contributed by atoms with Crippen molar-refractivity contribution in [1.82, 2.24) is 0 Å². The van der Waals surface area contributed by atoms with Crippen LogP contribution in [-0.4, -0.2) is 17.3 Å². The molecule has 1 heterocycles. The Kier molecular flexibility index (Phi) is 5.78. The Hall–Kier alpha value is -1.72. The van der Waals surface area contributed by atoms with Crippen LogP contribution in [0.3, 0.4) is 0 Å². The molecule has 0 atom stereocenters. The number of anilines is 4. The Labute approximate surface area is 152 Å². The highest BCUT2D eigenvalue weighted by Crippen LogP contribution is 2.41. The molecule has 24 heavy (non-hydrogen) atoms. The fourth-order valence-electron chi connectivity index (χ4n) is 2.90. The molecule has 0 radical (unpaired) electrons. The van der Waals surface area contributed by atoms with E-state index >= 15 is 0 Å². The monoisotopic (exact) mass is 365 g/mol. The lowest BCUT2D eigenvalue weighted by Crippen LogP contribution is -2.12. The number of hydrogen-bond acceptors (Lipinski definition) is 4. The molecule has 1 aliphatic heterocycles. The van der Waals surface area contributed by atoms with Gasteiger partial charge in [0.2, 0.25) is 0 Å². The summed E-state index contributed by atoms with van der Waals surface area (Å²) >= 11 is 0. The van der Waals surface area contributed by atoms with E-state index in [9.17, 15) is 4.21 Å². The van der Waals surface area contributed by atoms with Crippen LogP contribution in [0.25, 0.3) is 0 Å². The summed E-state index contributed by atoms with van der Waals surface area (Å²) in [4.78, 5) is 1.68.